The fraction of sp³-hybridized carbons (Fsp3) is 0.929. The van der Waals surface area contributed by atoms with Gasteiger partial charge in [0.1, 0.15) is 6.10 Å². The summed E-state index contributed by atoms with van der Waals surface area (Å²) in [6, 6.07) is 0. The van der Waals surface area contributed by atoms with Gasteiger partial charge in [-0.1, -0.05) is 6.92 Å². The monoisotopic (exact) mass is 347 g/mol. The van der Waals surface area contributed by atoms with Gasteiger partial charge < -0.3 is 4.74 Å². The molecule has 0 radical (unpaired) electrons. The summed E-state index contributed by atoms with van der Waals surface area (Å²) < 4.78 is 8.10. The van der Waals surface area contributed by atoms with Crippen molar-refractivity contribution in [2.45, 2.75) is 48.6 Å². The standard InChI is InChI=1S/C14H20IO2/c1-2-12(16)17-13-9-3-8-4-10(6-9)14(7-15-14)11(13)5-8/h8-11,13H,2-7H2,1H3/q+1. The number of hydrogen-bond donors (Lipinski definition) is 0. The predicted molar refractivity (Wildman–Crippen MR) is 60.2 cm³/mol. The van der Waals surface area contributed by atoms with Crippen LogP contribution in [0, 0.1) is 23.7 Å². The van der Waals surface area contributed by atoms with Crippen molar-refractivity contribution in [2.75, 3.05) is 4.43 Å². The van der Waals surface area contributed by atoms with Gasteiger partial charge in [0.15, 0.2) is 4.43 Å². The van der Waals surface area contributed by atoms with Crippen LogP contribution in [0.2, 0.25) is 0 Å². The highest BCUT2D eigenvalue weighted by atomic mass is 127. The van der Waals surface area contributed by atoms with Gasteiger partial charge in [-0.15, -0.1) is 0 Å². The second-order valence-electron chi connectivity index (χ2n) is 6.37. The van der Waals surface area contributed by atoms with Crippen molar-refractivity contribution in [3.8, 4) is 0 Å². The number of hydrogen-bond acceptors (Lipinski definition) is 2. The molecular formula is C14H20IO2+. The first-order valence-electron chi connectivity index (χ1n) is 7.02. The fourth-order valence-corrected chi connectivity index (χ4v) is 8.77. The molecule has 4 aliphatic carbocycles. The highest BCUT2D eigenvalue weighted by Gasteiger charge is 2.79. The van der Waals surface area contributed by atoms with Gasteiger partial charge in [-0.25, -0.2) is 0 Å². The third-order valence-electron chi connectivity index (χ3n) is 5.58. The second-order valence-corrected chi connectivity index (χ2v) is 9.91. The summed E-state index contributed by atoms with van der Waals surface area (Å²) in [6.07, 6.45) is 6.50. The highest BCUT2D eigenvalue weighted by Crippen LogP contribution is 2.58. The maximum atomic E-state index is 11.6. The van der Waals surface area contributed by atoms with E-state index in [1.807, 2.05) is 6.92 Å². The number of ether oxygens (including phenoxy) is 1. The van der Waals surface area contributed by atoms with E-state index in [0.29, 0.717) is 33.7 Å². The van der Waals surface area contributed by atoms with E-state index in [1.54, 1.807) is 0 Å². The quantitative estimate of drug-likeness (QED) is 0.372. The van der Waals surface area contributed by atoms with Crippen LogP contribution in [-0.2, 0) is 9.53 Å². The van der Waals surface area contributed by atoms with Gasteiger partial charge in [0.2, 0.25) is 3.42 Å². The van der Waals surface area contributed by atoms with Gasteiger partial charge in [0.05, 0.1) is 5.92 Å². The first-order chi connectivity index (χ1) is 8.23. The molecule has 6 atom stereocenters. The Morgan fingerprint density at radius 2 is 2.18 bits per heavy atom. The first-order valence-corrected chi connectivity index (χ1v) is 9.63. The van der Waals surface area contributed by atoms with Gasteiger partial charge in [-0.2, -0.15) is 0 Å². The summed E-state index contributed by atoms with van der Waals surface area (Å²) in [5, 5.41) is 0. The third kappa shape index (κ3) is 1.47. The largest absolute Gasteiger partial charge is 0.462 e. The molecule has 0 aromatic rings. The van der Waals surface area contributed by atoms with E-state index in [-0.39, 0.29) is 5.97 Å². The van der Waals surface area contributed by atoms with Crippen LogP contribution in [0.15, 0.2) is 0 Å². The first kappa shape index (κ1) is 11.1. The van der Waals surface area contributed by atoms with Crippen LogP contribution in [0.5, 0.6) is 0 Å². The molecule has 0 aromatic carbocycles. The Balaban J connectivity index is 1.61. The van der Waals surface area contributed by atoms with Crippen LogP contribution in [0.3, 0.4) is 0 Å². The normalized spacial score (nSPS) is 54.1. The Morgan fingerprint density at radius 1 is 1.35 bits per heavy atom. The van der Waals surface area contributed by atoms with E-state index in [2.05, 4.69) is 0 Å². The molecule has 5 fully saturated rings. The van der Waals surface area contributed by atoms with Crippen LogP contribution >= 0.6 is 0 Å². The van der Waals surface area contributed by atoms with E-state index < -0.39 is 0 Å². The molecule has 6 unspecified atom stereocenters. The van der Waals surface area contributed by atoms with Crippen LogP contribution < -0.4 is 21.2 Å². The van der Waals surface area contributed by atoms with E-state index in [4.69, 9.17) is 4.74 Å². The summed E-state index contributed by atoms with van der Waals surface area (Å²) >= 11 is 0.449. The molecule has 3 heteroatoms. The molecule has 1 aliphatic heterocycles. The van der Waals surface area contributed by atoms with Crippen molar-refractivity contribution in [3.05, 3.63) is 0 Å². The van der Waals surface area contributed by atoms with Crippen LogP contribution in [-0.4, -0.2) is 19.9 Å². The van der Waals surface area contributed by atoms with Crippen molar-refractivity contribution >= 4 is 5.97 Å². The Labute approximate surface area is 113 Å². The van der Waals surface area contributed by atoms with Crippen molar-refractivity contribution < 1.29 is 30.7 Å². The molecule has 1 heterocycles. The zero-order chi connectivity index (χ0) is 11.6. The lowest BCUT2D eigenvalue weighted by Gasteiger charge is -2.54. The van der Waals surface area contributed by atoms with E-state index in [0.717, 1.165) is 27.1 Å². The fourth-order valence-electron chi connectivity index (χ4n) is 4.84. The summed E-state index contributed by atoms with van der Waals surface area (Å²) in [7, 11) is 0. The predicted octanol–water partition coefficient (Wildman–Crippen LogP) is -0.784. The number of carbonyl (C=O) groups excluding carboxylic acids is 1. The number of rotatable bonds is 2. The Bertz CT molecular complexity index is 363. The van der Waals surface area contributed by atoms with Crippen molar-refractivity contribution in [1.82, 2.24) is 0 Å². The van der Waals surface area contributed by atoms with Gasteiger partial charge in [0.25, 0.3) is 21.2 Å². The zero-order valence-corrected chi connectivity index (χ0v) is 12.5. The number of carbonyl (C=O) groups is 1. The van der Waals surface area contributed by atoms with E-state index in [9.17, 15) is 4.79 Å². The molecule has 5 aliphatic rings. The minimum absolute atomic E-state index is 0.0384. The summed E-state index contributed by atoms with van der Waals surface area (Å²) in [5.74, 6) is 3.56. The molecule has 2 nitrogen and oxygen atoms in total. The van der Waals surface area contributed by atoms with Gasteiger partial charge in [-0.3, -0.25) is 4.79 Å². The SMILES string of the molecule is CCC(=O)OC1C2CC3CC(C2)C2(C[I+]2)C1C3. The van der Waals surface area contributed by atoms with Crippen molar-refractivity contribution in [1.29, 1.82) is 0 Å². The average Bonchev–Trinajstić information content (AvgIpc) is 3.11. The van der Waals surface area contributed by atoms with Crippen LogP contribution in [0.25, 0.3) is 0 Å². The third-order valence-corrected chi connectivity index (χ3v) is 9.79. The van der Waals surface area contributed by atoms with E-state index in [1.165, 1.54) is 30.1 Å². The minimum atomic E-state index is 0.0384. The van der Waals surface area contributed by atoms with Gasteiger partial charge >= 0.3 is 5.97 Å². The average molecular weight is 347 g/mol. The Hall–Kier alpha value is 0.200. The Morgan fingerprint density at radius 3 is 2.88 bits per heavy atom. The number of alkyl halides is 2. The molecule has 1 spiro atoms. The molecular weight excluding hydrogens is 327 g/mol. The number of esters is 1. The molecule has 4 bridgehead atoms. The van der Waals surface area contributed by atoms with E-state index >= 15 is 0 Å². The molecule has 0 amide bonds. The zero-order valence-electron chi connectivity index (χ0n) is 10.3. The second kappa shape index (κ2) is 3.61. The van der Waals surface area contributed by atoms with Crippen LogP contribution in [0.4, 0.5) is 0 Å². The summed E-state index contributed by atoms with van der Waals surface area (Å²) in [4.78, 5) is 11.6. The molecule has 1 saturated heterocycles. The molecule has 94 valence electrons. The molecule has 4 saturated carbocycles. The lowest BCUT2D eigenvalue weighted by atomic mass is 9.51. The molecule has 5 rings (SSSR count). The van der Waals surface area contributed by atoms with Gasteiger partial charge in [-0.05, 0) is 37.5 Å². The van der Waals surface area contributed by atoms with Gasteiger partial charge in [0, 0.05) is 12.3 Å². The number of halogens is 1. The Kier molecular flexibility index (Phi) is 2.35. The lowest BCUT2D eigenvalue weighted by molar-refractivity contribution is -0.548. The maximum absolute atomic E-state index is 11.6. The van der Waals surface area contributed by atoms with Crippen molar-refractivity contribution in [3.63, 3.8) is 0 Å². The van der Waals surface area contributed by atoms with Crippen LogP contribution in [0.1, 0.15) is 39.0 Å². The lowest BCUT2D eigenvalue weighted by Crippen LogP contribution is -3.51. The summed E-state index contributed by atoms with van der Waals surface area (Å²) in [5.41, 5.74) is 0. The van der Waals surface area contributed by atoms with Crippen molar-refractivity contribution in [2.24, 2.45) is 23.7 Å². The molecule has 0 aromatic heterocycles. The molecule has 17 heavy (non-hydrogen) atoms. The maximum Gasteiger partial charge on any atom is 0.305 e. The smallest absolute Gasteiger partial charge is 0.305 e. The highest BCUT2D eigenvalue weighted by molar-refractivity contribution is 5.69. The summed E-state index contributed by atoms with van der Waals surface area (Å²) in [6.45, 7) is 1.91. The topological polar surface area (TPSA) is 26.3 Å². The minimum Gasteiger partial charge on any atom is -0.462 e. The molecule has 0 N–H and O–H groups in total.